The Morgan fingerprint density at radius 1 is 1.12 bits per heavy atom. The van der Waals surface area contributed by atoms with Crippen molar-refractivity contribution in [3.05, 3.63) is 84.4 Å². The fraction of sp³-hybridized carbons (Fsp3) is 0.158. The standard InChI is InChI=1S/C19H19N3O3/c23-16(17-9-6-12-25-17)14-22(13-15-7-2-1-3-8-15)19(24)21-18-10-4-5-11-20-18/h1-12,16,23H,13-14H2,(H,20,21,24). The quantitative estimate of drug-likeness (QED) is 0.722. The number of aliphatic hydroxyl groups excluding tert-OH is 1. The number of carbonyl (C=O) groups is 1. The van der Waals surface area contributed by atoms with Crippen LogP contribution in [-0.4, -0.2) is 27.6 Å². The molecule has 0 saturated heterocycles. The number of aliphatic hydroxyl groups is 1. The maximum absolute atomic E-state index is 12.7. The molecule has 0 spiro atoms. The predicted molar refractivity (Wildman–Crippen MR) is 93.8 cm³/mol. The summed E-state index contributed by atoms with van der Waals surface area (Å²) in [5, 5.41) is 13.1. The molecule has 1 atom stereocenters. The Morgan fingerprint density at radius 3 is 2.60 bits per heavy atom. The summed E-state index contributed by atoms with van der Waals surface area (Å²) < 4.78 is 5.22. The van der Waals surface area contributed by atoms with Crippen LogP contribution in [0.5, 0.6) is 0 Å². The minimum atomic E-state index is -0.909. The fourth-order valence-electron chi connectivity index (χ4n) is 2.43. The molecule has 6 heteroatoms. The average molecular weight is 337 g/mol. The molecule has 0 aliphatic heterocycles. The lowest BCUT2D eigenvalue weighted by Gasteiger charge is -2.25. The van der Waals surface area contributed by atoms with E-state index in [0.29, 0.717) is 18.1 Å². The number of hydrogen-bond acceptors (Lipinski definition) is 4. The maximum atomic E-state index is 12.7. The van der Waals surface area contributed by atoms with E-state index in [1.165, 1.54) is 11.2 Å². The molecular formula is C19H19N3O3. The van der Waals surface area contributed by atoms with Gasteiger partial charge in [-0.3, -0.25) is 5.32 Å². The van der Waals surface area contributed by atoms with Gasteiger partial charge in [0.2, 0.25) is 0 Å². The van der Waals surface area contributed by atoms with Crippen molar-refractivity contribution in [1.82, 2.24) is 9.88 Å². The second-order valence-electron chi connectivity index (χ2n) is 5.54. The van der Waals surface area contributed by atoms with Crippen LogP contribution >= 0.6 is 0 Å². The van der Waals surface area contributed by atoms with E-state index in [-0.39, 0.29) is 12.6 Å². The second-order valence-corrected chi connectivity index (χ2v) is 5.54. The first-order chi connectivity index (χ1) is 12.2. The van der Waals surface area contributed by atoms with Crippen molar-refractivity contribution in [3.8, 4) is 0 Å². The molecule has 6 nitrogen and oxygen atoms in total. The number of amides is 2. The van der Waals surface area contributed by atoms with E-state index in [4.69, 9.17) is 4.42 Å². The lowest BCUT2D eigenvalue weighted by molar-refractivity contribution is 0.105. The van der Waals surface area contributed by atoms with Gasteiger partial charge in [0.05, 0.1) is 12.8 Å². The summed E-state index contributed by atoms with van der Waals surface area (Å²) >= 11 is 0. The van der Waals surface area contributed by atoms with Crippen LogP contribution in [-0.2, 0) is 6.54 Å². The molecule has 0 saturated carbocycles. The van der Waals surface area contributed by atoms with E-state index >= 15 is 0 Å². The Bertz CT molecular complexity index is 776. The molecule has 0 radical (unpaired) electrons. The molecule has 0 fully saturated rings. The van der Waals surface area contributed by atoms with Crippen LogP contribution in [0.4, 0.5) is 10.6 Å². The number of rotatable bonds is 6. The zero-order chi connectivity index (χ0) is 17.5. The predicted octanol–water partition coefficient (Wildman–Crippen LogP) is 3.44. The van der Waals surface area contributed by atoms with E-state index in [0.717, 1.165) is 5.56 Å². The monoisotopic (exact) mass is 337 g/mol. The van der Waals surface area contributed by atoms with Gasteiger partial charge in [0.15, 0.2) is 0 Å². The number of furan rings is 1. The lowest BCUT2D eigenvalue weighted by atomic mass is 10.2. The average Bonchev–Trinajstić information content (AvgIpc) is 3.18. The van der Waals surface area contributed by atoms with Crippen LogP contribution in [0.3, 0.4) is 0 Å². The van der Waals surface area contributed by atoms with Gasteiger partial charge < -0.3 is 14.4 Å². The van der Waals surface area contributed by atoms with Crippen LogP contribution in [0, 0.1) is 0 Å². The van der Waals surface area contributed by atoms with Crippen LogP contribution in [0.25, 0.3) is 0 Å². The molecule has 25 heavy (non-hydrogen) atoms. The molecule has 3 rings (SSSR count). The van der Waals surface area contributed by atoms with Crippen molar-refractivity contribution in [2.75, 3.05) is 11.9 Å². The first-order valence-electron chi connectivity index (χ1n) is 7.95. The molecule has 1 unspecified atom stereocenters. The zero-order valence-corrected chi connectivity index (χ0v) is 13.6. The first-order valence-corrected chi connectivity index (χ1v) is 7.95. The molecule has 1 aromatic carbocycles. The Balaban J connectivity index is 1.74. The molecule has 3 aromatic rings. The number of aromatic nitrogens is 1. The van der Waals surface area contributed by atoms with Crippen LogP contribution < -0.4 is 5.32 Å². The fourth-order valence-corrected chi connectivity index (χ4v) is 2.43. The third kappa shape index (κ3) is 4.68. The van der Waals surface area contributed by atoms with Gasteiger partial charge in [0.25, 0.3) is 0 Å². The number of carbonyl (C=O) groups excluding carboxylic acids is 1. The number of pyridine rings is 1. The number of anilines is 1. The minimum Gasteiger partial charge on any atom is -0.467 e. The number of nitrogens with one attached hydrogen (secondary N) is 1. The van der Waals surface area contributed by atoms with Crippen molar-refractivity contribution in [3.63, 3.8) is 0 Å². The molecular weight excluding hydrogens is 318 g/mol. The number of hydrogen-bond donors (Lipinski definition) is 2. The normalized spacial score (nSPS) is 11.7. The number of urea groups is 1. The highest BCUT2D eigenvalue weighted by Crippen LogP contribution is 2.17. The summed E-state index contributed by atoms with van der Waals surface area (Å²) in [5.74, 6) is 0.877. The molecule has 2 aromatic heterocycles. The van der Waals surface area contributed by atoms with Crippen LogP contribution in [0.2, 0.25) is 0 Å². The molecule has 0 aliphatic rings. The van der Waals surface area contributed by atoms with Crippen molar-refractivity contribution >= 4 is 11.8 Å². The number of benzene rings is 1. The summed E-state index contributed by atoms with van der Waals surface area (Å²) in [5.41, 5.74) is 0.963. The SMILES string of the molecule is O=C(Nc1ccccn1)N(Cc1ccccc1)CC(O)c1ccco1. The van der Waals surface area contributed by atoms with E-state index in [2.05, 4.69) is 10.3 Å². The molecule has 0 bridgehead atoms. The van der Waals surface area contributed by atoms with E-state index < -0.39 is 6.10 Å². The van der Waals surface area contributed by atoms with Crippen LogP contribution in [0.1, 0.15) is 17.4 Å². The summed E-state index contributed by atoms with van der Waals surface area (Å²) in [6.45, 7) is 0.457. The summed E-state index contributed by atoms with van der Waals surface area (Å²) in [7, 11) is 0. The van der Waals surface area contributed by atoms with Gasteiger partial charge in [0, 0.05) is 12.7 Å². The van der Waals surface area contributed by atoms with Crippen molar-refractivity contribution in [2.45, 2.75) is 12.6 Å². The van der Waals surface area contributed by atoms with E-state index in [9.17, 15) is 9.90 Å². The molecule has 2 heterocycles. The lowest BCUT2D eigenvalue weighted by Crippen LogP contribution is -2.37. The Kier molecular flexibility index (Phi) is 5.43. The van der Waals surface area contributed by atoms with Gasteiger partial charge >= 0.3 is 6.03 Å². The highest BCUT2D eigenvalue weighted by molar-refractivity contribution is 5.88. The maximum Gasteiger partial charge on any atom is 0.323 e. The summed E-state index contributed by atoms with van der Waals surface area (Å²) in [6, 6.07) is 17.9. The first kappa shape index (κ1) is 16.7. The third-order valence-electron chi connectivity index (χ3n) is 3.67. The third-order valence-corrected chi connectivity index (χ3v) is 3.67. The van der Waals surface area contributed by atoms with Gasteiger partial charge in [-0.2, -0.15) is 0 Å². The zero-order valence-electron chi connectivity index (χ0n) is 13.6. The van der Waals surface area contributed by atoms with Gasteiger partial charge in [-0.05, 0) is 29.8 Å². The Labute approximate surface area is 145 Å². The van der Waals surface area contributed by atoms with E-state index in [1.807, 2.05) is 30.3 Å². The molecule has 0 aliphatic carbocycles. The second kappa shape index (κ2) is 8.12. The highest BCUT2D eigenvalue weighted by Gasteiger charge is 2.21. The van der Waals surface area contributed by atoms with Gasteiger partial charge in [-0.15, -0.1) is 0 Å². The topological polar surface area (TPSA) is 78.6 Å². The van der Waals surface area contributed by atoms with Crippen molar-refractivity contribution < 1.29 is 14.3 Å². The van der Waals surface area contributed by atoms with Crippen LogP contribution in [0.15, 0.2) is 77.5 Å². The highest BCUT2D eigenvalue weighted by atomic mass is 16.4. The molecule has 2 amide bonds. The summed E-state index contributed by atoms with van der Waals surface area (Å²) in [4.78, 5) is 18.3. The Morgan fingerprint density at radius 2 is 1.92 bits per heavy atom. The van der Waals surface area contributed by atoms with E-state index in [1.54, 1.807) is 36.5 Å². The molecule has 128 valence electrons. The largest absolute Gasteiger partial charge is 0.467 e. The van der Waals surface area contributed by atoms with Crippen molar-refractivity contribution in [1.29, 1.82) is 0 Å². The van der Waals surface area contributed by atoms with Crippen molar-refractivity contribution in [2.24, 2.45) is 0 Å². The minimum absolute atomic E-state index is 0.0983. The molecule has 2 N–H and O–H groups in total. The Hall–Kier alpha value is -3.12. The van der Waals surface area contributed by atoms with Gasteiger partial charge in [-0.25, -0.2) is 9.78 Å². The number of nitrogens with zero attached hydrogens (tertiary/aromatic N) is 2. The van der Waals surface area contributed by atoms with Gasteiger partial charge in [-0.1, -0.05) is 36.4 Å². The smallest absolute Gasteiger partial charge is 0.323 e. The van der Waals surface area contributed by atoms with Gasteiger partial charge in [0.1, 0.15) is 17.7 Å². The summed E-state index contributed by atoms with van der Waals surface area (Å²) in [6.07, 6.45) is 2.19.